The standard InChI is InChI=1S/C28H27N3O3/c1-34-23-6-4-5-21(18-23)24(28(33)30-22-14-15-22)17-20-11-9-19(10-12-20)13-16-27(32)31-26-8-3-2-7-25(26)29/h2-13,16-18,22H,14-15,29H2,1H3,(H,30,33)(H,31,32)/b16-13+,24-17?. The van der Waals surface area contributed by atoms with Crippen LogP contribution in [-0.2, 0) is 9.59 Å². The molecule has 6 heteroatoms. The minimum atomic E-state index is -0.265. The predicted octanol–water partition coefficient (Wildman–Crippen LogP) is 4.75. The van der Waals surface area contributed by atoms with Crippen LogP contribution in [-0.4, -0.2) is 25.0 Å². The van der Waals surface area contributed by atoms with E-state index in [0.29, 0.717) is 22.7 Å². The van der Waals surface area contributed by atoms with Gasteiger partial charge in [-0.05, 0) is 65.9 Å². The first-order chi connectivity index (χ1) is 16.5. The number of nitrogens with two attached hydrogens (primary N) is 1. The zero-order valence-electron chi connectivity index (χ0n) is 19.0. The number of rotatable bonds is 8. The van der Waals surface area contributed by atoms with Gasteiger partial charge in [0.1, 0.15) is 5.75 Å². The molecule has 3 aromatic rings. The van der Waals surface area contributed by atoms with E-state index in [-0.39, 0.29) is 17.9 Å². The Balaban J connectivity index is 1.50. The van der Waals surface area contributed by atoms with Crippen LogP contribution in [0.4, 0.5) is 11.4 Å². The minimum Gasteiger partial charge on any atom is -0.497 e. The van der Waals surface area contributed by atoms with E-state index in [1.807, 2.05) is 66.7 Å². The van der Waals surface area contributed by atoms with Crippen LogP contribution < -0.4 is 21.1 Å². The average Bonchev–Trinajstić information content (AvgIpc) is 3.67. The topological polar surface area (TPSA) is 93.4 Å². The van der Waals surface area contributed by atoms with Gasteiger partial charge in [-0.15, -0.1) is 0 Å². The summed E-state index contributed by atoms with van der Waals surface area (Å²) in [4.78, 5) is 25.1. The molecule has 0 heterocycles. The minimum absolute atomic E-state index is 0.100. The lowest BCUT2D eigenvalue weighted by atomic mass is 10.0. The van der Waals surface area contributed by atoms with Crippen LogP contribution in [0.5, 0.6) is 5.75 Å². The molecule has 3 aromatic carbocycles. The monoisotopic (exact) mass is 453 g/mol. The first-order valence-corrected chi connectivity index (χ1v) is 11.1. The van der Waals surface area contributed by atoms with Crippen LogP contribution in [0.3, 0.4) is 0 Å². The van der Waals surface area contributed by atoms with Crippen molar-refractivity contribution in [1.82, 2.24) is 5.32 Å². The van der Waals surface area contributed by atoms with Crippen LogP contribution in [0, 0.1) is 0 Å². The third-order valence-corrected chi connectivity index (χ3v) is 5.43. The molecule has 1 fully saturated rings. The molecule has 4 rings (SSSR count). The Morgan fingerprint density at radius 2 is 1.71 bits per heavy atom. The third kappa shape index (κ3) is 6.13. The fourth-order valence-electron chi connectivity index (χ4n) is 3.39. The molecule has 0 unspecified atom stereocenters. The van der Waals surface area contributed by atoms with Crippen LogP contribution in [0.15, 0.2) is 78.9 Å². The van der Waals surface area contributed by atoms with Crippen molar-refractivity contribution in [1.29, 1.82) is 0 Å². The van der Waals surface area contributed by atoms with Crippen LogP contribution in [0.2, 0.25) is 0 Å². The Hall–Kier alpha value is -4.32. The fourth-order valence-corrected chi connectivity index (χ4v) is 3.39. The van der Waals surface area contributed by atoms with Gasteiger partial charge < -0.3 is 21.1 Å². The molecule has 6 nitrogen and oxygen atoms in total. The van der Waals surface area contributed by atoms with E-state index in [1.165, 1.54) is 6.08 Å². The number of ether oxygens (including phenoxy) is 1. The van der Waals surface area contributed by atoms with Gasteiger partial charge in [0.05, 0.1) is 18.5 Å². The predicted molar refractivity (Wildman–Crippen MR) is 137 cm³/mol. The second kappa shape index (κ2) is 10.5. The Labute approximate surface area is 199 Å². The number of benzene rings is 3. The fraction of sp³-hybridized carbons (Fsp3) is 0.143. The quantitative estimate of drug-likeness (QED) is 0.261. The average molecular weight is 454 g/mol. The lowest BCUT2D eigenvalue weighted by molar-refractivity contribution is -0.115. The highest BCUT2D eigenvalue weighted by molar-refractivity contribution is 6.24. The van der Waals surface area contributed by atoms with E-state index in [0.717, 1.165) is 29.5 Å². The molecule has 1 aliphatic carbocycles. The second-order valence-electron chi connectivity index (χ2n) is 8.11. The largest absolute Gasteiger partial charge is 0.497 e. The van der Waals surface area contributed by atoms with Crippen LogP contribution in [0.1, 0.15) is 29.5 Å². The number of carbonyl (C=O) groups excluding carboxylic acids is 2. The zero-order valence-corrected chi connectivity index (χ0v) is 19.0. The van der Waals surface area contributed by atoms with Gasteiger partial charge in [0.2, 0.25) is 5.91 Å². The summed E-state index contributed by atoms with van der Waals surface area (Å²) in [5.74, 6) is 0.328. The van der Waals surface area contributed by atoms with Gasteiger partial charge in [0.25, 0.3) is 5.91 Å². The molecule has 0 bridgehead atoms. The molecule has 0 saturated heterocycles. The summed E-state index contributed by atoms with van der Waals surface area (Å²) in [5, 5.41) is 5.83. The Bertz CT molecular complexity index is 1240. The van der Waals surface area contributed by atoms with Gasteiger partial charge in [0, 0.05) is 17.7 Å². The summed E-state index contributed by atoms with van der Waals surface area (Å²) < 4.78 is 5.33. The van der Waals surface area contributed by atoms with Crippen molar-refractivity contribution < 1.29 is 14.3 Å². The maximum atomic E-state index is 12.9. The van der Waals surface area contributed by atoms with Gasteiger partial charge >= 0.3 is 0 Å². The molecule has 1 aliphatic rings. The van der Waals surface area contributed by atoms with Gasteiger partial charge in [-0.25, -0.2) is 0 Å². The third-order valence-electron chi connectivity index (χ3n) is 5.43. The first kappa shape index (κ1) is 22.9. The summed E-state index contributed by atoms with van der Waals surface area (Å²) in [5.41, 5.74) is 10.1. The summed E-state index contributed by atoms with van der Waals surface area (Å²) in [6.07, 6.45) is 7.09. The van der Waals surface area contributed by atoms with E-state index < -0.39 is 0 Å². The van der Waals surface area contributed by atoms with Gasteiger partial charge in [0.15, 0.2) is 0 Å². The molecule has 1 saturated carbocycles. The highest BCUT2D eigenvalue weighted by Gasteiger charge is 2.25. The Kier molecular flexibility index (Phi) is 7.08. The summed E-state index contributed by atoms with van der Waals surface area (Å²) in [7, 11) is 1.61. The number of hydrogen-bond donors (Lipinski definition) is 3. The van der Waals surface area contributed by atoms with Gasteiger partial charge in [-0.1, -0.05) is 48.5 Å². The normalized spacial score (nSPS) is 13.5. The Morgan fingerprint density at radius 3 is 2.41 bits per heavy atom. The van der Waals surface area contributed by atoms with Crippen LogP contribution in [0.25, 0.3) is 17.7 Å². The van der Waals surface area contributed by atoms with E-state index in [9.17, 15) is 9.59 Å². The molecular formula is C28H27N3O3. The molecule has 0 aliphatic heterocycles. The number of nitrogens with one attached hydrogen (secondary N) is 2. The molecule has 0 aromatic heterocycles. The number of anilines is 2. The summed E-state index contributed by atoms with van der Waals surface area (Å²) in [6.45, 7) is 0. The number of para-hydroxylation sites is 2. The smallest absolute Gasteiger partial charge is 0.252 e. The van der Waals surface area contributed by atoms with Crippen molar-refractivity contribution >= 4 is 40.9 Å². The first-order valence-electron chi connectivity index (χ1n) is 11.1. The van der Waals surface area contributed by atoms with E-state index in [2.05, 4.69) is 10.6 Å². The number of hydrogen-bond acceptors (Lipinski definition) is 4. The van der Waals surface area contributed by atoms with Crippen LogP contribution >= 0.6 is 0 Å². The highest BCUT2D eigenvalue weighted by atomic mass is 16.5. The molecule has 4 N–H and O–H groups in total. The number of amides is 2. The Morgan fingerprint density at radius 1 is 0.971 bits per heavy atom. The van der Waals surface area contributed by atoms with Crippen molar-refractivity contribution in [3.8, 4) is 5.75 Å². The second-order valence-corrected chi connectivity index (χ2v) is 8.11. The highest BCUT2D eigenvalue weighted by Crippen LogP contribution is 2.26. The van der Waals surface area contributed by atoms with Gasteiger partial charge in [-0.3, -0.25) is 9.59 Å². The van der Waals surface area contributed by atoms with Crippen molar-refractivity contribution in [2.45, 2.75) is 18.9 Å². The maximum Gasteiger partial charge on any atom is 0.252 e. The molecule has 34 heavy (non-hydrogen) atoms. The molecule has 0 radical (unpaired) electrons. The van der Waals surface area contributed by atoms with E-state index in [4.69, 9.17) is 10.5 Å². The molecule has 0 atom stereocenters. The molecular weight excluding hydrogens is 426 g/mol. The molecule has 172 valence electrons. The van der Waals surface area contributed by atoms with Gasteiger partial charge in [-0.2, -0.15) is 0 Å². The maximum absolute atomic E-state index is 12.9. The number of carbonyl (C=O) groups is 2. The summed E-state index contributed by atoms with van der Waals surface area (Å²) >= 11 is 0. The van der Waals surface area contributed by atoms with Crippen molar-refractivity contribution in [2.75, 3.05) is 18.2 Å². The van der Waals surface area contributed by atoms with Crippen molar-refractivity contribution in [2.24, 2.45) is 0 Å². The summed E-state index contributed by atoms with van der Waals surface area (Å²) in [6, 6.07) is 22.5. The van der Waals surface area contributed by atoms with E-state index >= 15 is 0 Å². The van der Waals surface area contributed by atoms with Crippen molar-refractivity contribution in [3.63, 3.8) is 0 Å². The number of nitrogen functional groups attached to an aromatic ring is 1. The molecule has 2 amide bonds. The van der Waals surface area contributed by atoms with E-state index in [1.54, 1.807) is 25.3 Å². The zero-order chi connectivity index (χ0) is 23.9. The number of methoxy groups -OCH3 is 1. The SMILES string of the molecule is COc1cccc(C(=Cc2ccc(/C=C/C(=O)Nc3ccccc3N)cc2)C(=O)NC2CC2)c1. The molecule has 0 spiro atoms. The van der Waals surface area contributed by atoms with Crippen molar-refractivity contribution in [3.05, 3.63) is 95.6 Å². The lowest BCUT2D eigenvalue weighted by Crippen LogP contribution is -2.26. The lowest BCUT2D eigenvalue weighted by Gasteiger charge is -2.10.